The van der Waals surface area contributed by atoms with E-state index in [1.165, 1.54) is 0 Å². The Balaban J connectivity index is 2.78. The van der Waals surface area contributed by atoms with Crippen molar-refractivity contribution in [1.29, 1.82) is 0 Å². The summed E-state index contributed by atoms with van der Waals surface area (Å²) in [5.74, 6) is 0.266. The van der Waals surface area contributed by atoms with Crippen molar-refractivity contribution in [3.63, 3.8) is 0 Å². The summed E-state index contributed by atoms with van der Waals surface area (Å²) >= 11 is 6.05. The molecule has 94 valence electrons. The van der Waals surface area contributed by atoms with Gasteiger partial charge < -0.3 is 9.47 Å². The lowest BCUT2D eigenvalue weighted by Crippen LogP contribution is -2.26. The van der Waals surface area contributed by atoms with Gasteiger partial charge in [-0.05, 0) is 51.0 Å². The van der Waals surface area contributed by atoms with Gasteiger partial charge in [0.2, 0.25) is 0 Å². The number of aryl methyl sites for hydroxylation is 2. The predicted molar refractivity (Wildman–Crippen MR) is 67.6 cm³/mol. The van der Waals surface area contributed by atoms with E-state index in [4.69, 9.17) is 21.1 Å². The average molecular weight is 257 g/mol. The zero-order valence-electron chi connectivity index (χ0n) is 10.5. The molecule has 0 fully saturated rings. The van der Waals surface area contributed by atoms with E-state index in [1.54, 1.807) is 13.8 Å². The Kier molecular flexibility index (Phi) is 4.82. The van der Waals surface area contributed by atoms with Crippen LogP contribution in [0.4, 0.5) is 0 Å². The molecule has 0 spiro atoms. The van der Waals surface area contributed by atoms with E-state index >= 15 is 0 Å². The molecular formula is C13H17ClO3. The van der Waals surface area contributed by atoms with Gasteiger partial charge in [0, 0.05) is 5.02 Å². The minimum atomic E-state index is -0.616. The van der Waals surface area contributed by atoms with Gasteiger partial charge in [-0.15, -0.1) is 0 Å². The normalized spacial score (nSPS) is 12.1. The Labute approximate surface area is 107 Å². The molecule has 4 heteroatoms. The molecule has 0 aliphatic carbocycles. The number of carbonyl (C=O) groups excluding carboxylic acids is 1. The Morgan fingerprint density at radius 2 is 1.88 bits per heavy atom. The van der Waals surface area contributed by atoms with Gasteiger partial charge in [0.25, 0.3) is 0 Å². The van der Waals surface area contributed by atoms with Crippen LogP contribution in [0.25, 0.3) is 0 Å². The number of esters is 1. The van der Waals surface area contributed by atoms with Crippen molar-refractivity contribution < 1.29 is 14.3 Å². The van der Waals surface area contributed by atoms with Crippen molar-refractivity contribution in [2.24, 2.45) is 0 Å². The molecule has 0 saturated heterocycles. The molecule has 1 rings (SSSR count). The van der Waals surface area contributed by atoms with Crippen molar-refractivity contribution in [2.45, 2.75) is 33.8 Å². The summed E-state index contributed by atoms with van der Waals surface area (Å²) in [6, 6.07) is 3.62. The lowest BCUT2D eigenvalue weighted by molar-refractivity contribution is -0.150. The SMILES string of the molecule is CCOC(=O)[C@@H](C)Oc1cc(C)c(Cl)c(C)c1. The lowest BCUT2D eigenvalue weighted by Gasteiger charge is -2.15. The maximum Gasteiger partial charge on any atom is 0.347 e. The van der Waals surface area contributed by atoms with Crippen molar-refractivity contribution in [2.75, 3.05) is 6.61 Å². The van der Waals surface area contributed by atoms with Crippen molar-refractivity contribution in [3.05, 3.63) is 28.3 Å². The first-order valence-corrected chi connectivity index (χ1v) is 5.93. The third-order valence-corrected chi connectivity index (χ3v) is 2.94. The molecular weight excluding hydrogens is 240 g/mol. The van der Waals surface area contributed by atoms with Gasteiger partial charge in [-0.2, -0.15) is 0 Å². The van der Waals surface area contributed by atoms with Gasteiger partial charge >= 0.3 is 5.97 Å². The number of hydrogen-bond donors (Lipinski definition) is 0. The molecule has 1 aromatic rings. The lowest BCUT2D eigenvalue weighted by atomic mass is 10.1. The second-order valence-corrected chi connectivity index (χ2v) is 4.26. The smallest absolute Gasteiger partial charge is 0.347 e. The van der Waals surface area contributed by atoms with Crippen molar-refractivity contribution in [1.82, 2.24) is 0 Å². The number of rotatable bonds is 4. The molecule has 0 amide bonds. The molecule has 1 aromatic carbocycles. The summed E-state index contributed by atoms with van der Waals surface area (Å²) in [6.07, 6.45) is -0.616. The zero-order valence-corrected chi connectivity index (χ0v) is 11.3. The molecule has 0 heterocycles. The fraction of sp³-hybridized carbons (Fsp3) is 0.462. The van der Waals surface area contributed by atoms with Crippen molar-refractivity contribution in [3.8, 4) is 5.75 Å². The fourth-order valence-electron chi connectivity index (χ4n) is 1.49. The molecule has 0 bridgehead atoms. The topological polar surface area (TPSA) is 35.5 Å². The molecule has 0 radical (unpaired) electrons. The molecule has 3 nitrogen and oxygen atoms in total. The van der Waals surface area contributed by atoms with E-state index in [0.717, 1.165) is 16.1 Å². The monoisotopic (exact) mass is 256 g/mol. The molecule has 0 aromatic heterocycles. The number of carbonyl (C=O) groups is 1. The zero-order chi connectivity index (χ0) is 13.0. The molecule has 1 atom stereocenters. The highest BCUT2D eigenvalue weighted by molar-refractivity contribution is 6.32. The van der Waals surface area contributed by atoms with E-state index in [-0.39, 0.29) is 5.97 Å². The fourth-order valence-corrected chi connectivity index (χ4v) is 1.60. The van der Waals surface area contributed by atoms with Crippen LogP contribution in [0.1, 0.15) is 25.0 Å². The van der Waals surface area contributed by atoms with Crippen molar-refractivity contribution >= 4 is 17.6 Å². The Hall–Kier alpha value is -1.22. The van der Waals surface area contributed by atoms with Crippen LogP contribution in [0, 0.1) is 13.8 Å². The van der Waals surface area contributed by atoms with Crippen LogP contribution in [0.2, 0.25) is 5.02 Å². The van der Waals surface area contributed by atoms with E-state index in [1.807, 2.05) is 26.0 Å². The summed E-state index contributed by atoms with van der Waals surface area (Å²) in [5.41, 5.74) is 1.86. The minimum Gasteiger partial charge on any atom is -0.479 e. The maximum absolute atomic E-state index is 11.4. The minimum absolute atomic E-state index is 0.352. The first-order valence-electron chi connectivity index (χ1n) is 5.55. The molecule has 0 unspecified atom stereocenters. The van der Waals surface area contributed by atoms with Gasteiger partial charge in [0.05, 0.1) is 6.61 Å². The number of hydrogen-bond acceptors (Lipinski definition) is 3. The third-order valence-electron chi connectivity index (χ3n) is 2.34. The summed E-state index contributed by atoms with van der Waals surface area (Å²) < 4.78 is 10.4. The molecule has 17 heavy (non-hydrogen) atoms. The highest BCUT2D eigenvalue weighted by Crippen LogP contribution is 2.26. The predicted octanol–water partition coefficient (Wildman–Crippen LogP) is 3.29. The highest BCUT2D eigenvalue weighted by atomic mass is 35.5. The van der Waals surface area contributed by atoms with Gasteiger partial charge in [0.15, 0.2) is 6.10 Å². The average Bonchev–Trinajstić information content (AvgIpc) is 2.26. The van der Waals surface area contributed by atoms with Gasteiger partial charge in [-0.3, -0.25) is 0 Å². The van der Waals surface area contributed by atoms with Gasteiger partial charge in [-0.25, -0.2) is 4.79 Å². The van der Waals surface area contributed by atoms with Crippen LogP contribution in [0.15, 0.2) is 12.1 Å². The quantitative estimate of drug-likeness (QED) is 0.776. The highest BCUT2D eigenvalue weighted by Gasteiger charge is 2.16. The van der Waals surface area contributed by atoms with E-state index < -0.39 is 6.10 Å². The van der Waals surface area contributed by atoms with Crippen LogP contribution in [-0.4, -0.2) is 18.7 Å². The summed E-state index contributed by atoms with van der Waals surface area (Å²) in [5, 5.41) is 0.723. The van der Waals surface area contributed by atoms with Crippen LogP contribution in [0.5, 0.6) is 5.75 Å². The standard InChI is InChI=1S/C13H17ClO3/c1-5-16-13(15)10(4)17-11-6-8(2)12(14)9(3)7-11/h6-7,10H,5H2,1-4H3/t10-/m1/s1. The molecule has 0 aliphatic rings. The summed E-state index contributed by atoms with van der Waals surface area (Å²) in [6.45, 7) is 7.58. The Morgan fingerprint density at radius 1 is 1.35 bits per heavy atom. The molecule has 0 aliphatic heterocycles. The largest absolute Gasteiger partial charge is 0.479 e. The second kappa shape index (κ2) is 5.92. The second-order valence-electron chi connectivity index (χ2n) is 3.88. The van der Waals surface area contributed by atoms with E-state index in [2.05, 4.69) is 0 Å². The van der Waals surface area contributed by atoms with E-state index in [9.17, 15) is 4.79 Å². The van der Waals surface area contributed by atoms with Crippen LogP contribution in [0.3, 0.4) is 0 Å². The van der Waals surface area contributed by atoms with Gasteiger partial charge in [-0.1, -0.05) is 11.6 Å². The Bertz CT molecular complexity index is 392. The molecule has 0 saturated carbocycles. The number of benzene rings is 1. The molecule has 0 N–H and O–H groups in total. The van der Waals surface area contributed by atoms with Gasteiger partial charge in [0.1, 0.15) is 5.75 Å². The number of ether oxygens (including phenoxy) is 2. The third kappa shape index (κ3) is 3.63. The maximum atomic E-state index is 11.4. The summed E-state index contributed by atoms with van der Waals surface area (Å²) in [4.78, 5) is 11.4. The van der Waals surface area contributed by atoms with Crippen LogP contribution < -0.4 is 4.74 Å². The van der Waals surface area contributed by atoms with Crippen LogP contribution >= 0.6 is 11.6 Å². The van der Waals surface area contributed by atoms with Crippen LogP contribution in [-0.2, 0) is 9.53 Å². The first-order chi connectivity index (χ1) is 7.95. The Morgan fingerprint density at radius 3 is 2.35 bits per heavy atom. The van der Waals surface area contributed by atoms with E-state index in [0.29, 0.717) is 12.4 Å². The first kappa shape index (κ1) is 13.8. The number of halogens is 1. The summed E-state index contributed by atoms with van der Waals surface area (Å²) in [7, 11) is 0.